The van der Waals surface area contributed by atoms with Crippen molar-refractivity contribution in [3.63, 3.8) is 0 Å². The van der Waals surface area contributed by atoms with Crippen LogP contribution in [0.1, 0.15) is 30.5 Å². The molecule has 0 saturated heterocycles. The summed E-state index contributed by atoms with van der Waals surface area (Å²) >= 11 is 0. The van der Waals surface area contributed by atoms with Crippen LogP contribution in [-0.4, -0.2) is 17.1 Å². The summed E-state index contributed by atoms with van der Waals surface area (Å²) in [7, 11) is 0. The van der Waals surface area contributed by atoms with Gasteiger partial charge in [-0.3, -0.25) is 4.98 Å². The van der Waals surface area contributed by atoms with Crippen molar-refractivity contribution in [1.82, 2.24) is 4.98 Å². The highest BCUT2D eigenvalue weighted by atomic mass is 16.5. The summed E-state index contributed by atoms with van der Waals surface area (Å²) < 4.78 is 5.79. The Kier molecular flexibility index (Phi) is 3.34. The van der Waals surface area contributed by atoms with Crippen LogP contribution in [0.2, 0.25) is 0 Å². The van der Waals surface area contributed by atoms with Crippen molar-refractivity contribution >= 4 is 0 Å². The zero-order valence-electron chi connectivity index (χ0n) is 9.15. The van der Waals surface area contributed by atoms with Crippen LogP contribution in [0.15, 0.2) is 18.3 Å². The van der Waals surface area contributed by atoms with E-state index < -0.39 is 0 Å². The molecule has 2 unspecified atom stereocenters. The van der Waals surface area contributed by atoms with Crippen LogP contribution < -0.4 is 5.73 Å². The van der Waals surface area contributed by atoms with Gasteiger partial charge >= 0.3 is 0 Å². The van der Waals surface area contributed by atoms with Crippen LogP contribution >= 0.6 is 0 Å². The zero-order chi connectivity index (χ0) is 10.7. The summed E-state index contributed by atoms with van der Waals surface area (Å²) in [6.45, 7) is 2.64. The van der Waals surface area contributed by atoms with Crippen molar-refractivity contribution < 1.29 is 4.74 Å². The Morgan fingerprint density at radius 2 is 2.40 bits per heavy atom. The van der Waals surface area contributed by atoms with Crippen LogP contribution in [0, 0.1) is 6.92 Å². The van der Waals surface area contributed by atoms with E-state index in [0.29, 0.717) is 6.61 Å². The Balaban J connectivity index is 1.90. The maximum absolute atomic E-state index is 5.94. The number of ether oxygens (including phenoxy) is 1. The molecule has 15 heavy (non-hydrogen) atoms. The average molecular weight is 206 g/mol. The third kappa shape index (κ3) is 2.55. The molecule has 0 aromatic carbocycles. The number of nitrogens with two attached hydrogens (primary N) is 1. The Morgan fingerprint density at radius 1 is 1.53 bits per heavy atom. The molecular weight excluding hydrogens is 188 g/mol. The Bertz CT molecular complexity index is 327. The van der Waals surface area contributed by atoms with Crippen LogP contribution in [0.3, 0.4) is 0 Å². The molecule has 3 heteroatoms. The van der Waals surface area contributed by atoms with E-state index in [4.69, 9.17) is 10.5 Å². The fraction of sp³-hybridized carbons (Fsp3) is 0.583. The van der Waals surface area contributed by atoms with Crippen LogP contribution in [0.4, 0.5) is 0 Å². The van der Waals surface area contributed by atoms with Crippen molar-refractivity contribution in [1.29, 1.82) is 0 Å². The standard InChI is InChI=1S/C12H18N2O/c1-9-4-3-7-14-11(9)8-15-12-6-2-5-10(12)13/h3-4,7,10,12H,2,5-6,8,13H2,1H3. The second-order valence-corrected chi connectivity index (χ2v) is 4.21. The normalized spacial score (nSPS) is 25.7. The lowest BCUT2D eigenvalue weighted by atomic mass is 10.2. The quantitative estimate of drug-likeness (QED) is 0.820. The molecule has 0 bridgehead atoms. The van der Waals surface area contributed by atoms with Gasteiger partial charge < -0.3 is 10.5 Å². The number of hydrogen-bond donors (Lipinski definition) is 1. The molecule has 1 aromatic heterocycles. The Hall–Kier alpha value is -0.930. The summed E-state index contributed by atoms with van der Waals surface area (Å²) in [6, 6.07) is 4.22. The molecule has 1 aromatic rings. The minimum atomic E-state index is 0.217. The van der Waals surface area contributed by atoms with Gasteiger partial charge in [0.15, 0.2) is 0 Å². The summed E-state index contributed by atoms with van der Waals surface area (Å²) in [4.78, 5) is 4.30. The smallest absolute Gasteiger partial charge is 0.0895 e. The van der Waals surface area contributed by atoms with Crippen molar-refractivity contribution in [2.24, 2.45) is 5.73 Å². The van der Waals surface area contributed by atoms with Gasteiger partial charge in [-0.25, -0.2) is 0 Å². The van der Waals surface area contributed by atoms with E-state index in [2.05, 4.69) is 18.0 Å². The second-order valence-electron chi connectivity index (χ2n) is 4.21. The van der Waals surface area contributed by atoms with E-state index in [9.17, 15) is 0 Å². The van der Waals surface area contributed by atoms with E-state index in [1.807, 2.05) is 6.07 Å². The number of nitrogens with zero attached hydrogens (tertiary/aromatic N) is 1. The molecule has 2 N–H and O–H groups in total. The predicted molar refractivity (Wildman–Crippen MR) is 59.4 cm³/mol. The fourth-order valence-corrected chi connectivity index (χ4v) is 2.02. The number of rotatable bonds is 3. The molecule has 2 rings (SSSR count). The largest absolute Gasteiger partial charge is 0.370 e. The summed E-state index contributed by atoms with van der Waals surface area (Å²) in [5.74, 6) is 0. The van der Waals surface area contributed by atoms with Gasteiger partial charge in [0.2, 0.25) is 0 Å². The van der Waals surface area contributed by atoms with Gasteiger partial charge in [-0.15, -0.1) is 0 Å². The van der Waals surface area contributed by atoms with Crippen LogP contribution in [0.25, 0.3) is 0 Å². The summed E-state index contributed by atoms with van der Waals surface area (Å²) in [5.41, 5.74) is 8.14. The molecule has 1 heterocycles. The van der Waals surface area contributed by atoms with Crippen molar-refractivity contribution in [3.05, 3.63) is 29.6 Å². The zero-order valence-corrected chi connectivity index (χ0v) is 9.15. The topological polar surface area (TPSA) is 48.1 Å². The van der Waals surface area contributed by atoms with E-state index in [1.165, 1.54) is 12.0 Å². The second kappa shape index (κ2) is 4.73. The van der Waals surface area contributed by atoms with E-state index in [1.54, 1.807) is 6.20 Å². The fourth-order valence-electron chi connectivity index (χ4n) is 2.02. The minimum absolute atomic E-state index is 0.217. The highest BCUT2D eigenvalue weighted by molar-refractivity contribution is 5.16. The first-order valence-electron chi connectivity index (χ1n) is 5.55. The van der Waals surface area contributed by atoms with Gasteiger partial charge in [0.05, 0.1) is 18.4 Å². The SMILES string of the molecule is Cc1cccnc1COC1CCCC1N. The monoisotopic (exact) mass is 206 g/mol. The molecule has 0 spiro atoms. The van der Waals surface area contributed by atoms with E-state index in [-0.39, 0.29) is 12.1 Å². The van der Waals surface area contributed by atoms with Crippen LogP contribution in [0.5, 0.6) is 0 Å². The highest BCUT2D eigenvalue weighted by Crippen LogP contribution is 2.21. The molecule has 0 amide bonds. The van der Waals surface area contributed by atoms with Crippen molar-refractivity contribution in [2.45, 2.75) is 44.9 Å². The molecule has 1 aliphatic carbocycles. The third-order valence-corrected chi connectivity index (χ3v) is 3.06. The lowest BCUT2D eigenvalue weighted by molar-refractivity contribution is 0.0336. The van der Waals surface area contributed by atoms with Gasteiger partial charge in [0.1, 0.15) is 0 Å². The lowest BCUT2D eigenvalue weighted by Crippen LogP contribution is -2.31. The predicted octanol–water partition coefficient (Wildman–Crippen LogP) is 1.79. The molecule has 0 aliphatic heterocycles. The highest BCUT2D eigenvalue weighted by Gasteiger charge is 2.24. The molecule has 3 nitrogen and oxygen atoms in total. The van der Waals surface area contributed by atoms with Gasteiger partial charge in [-0.1, -0.05) is 6.07 Å². The Morgan fingerprint density at radius 3 is 3.07 bits per heavy atom. The molecule has 1 saturated carbocycles. The van der Waals surface area contributed by atoms with E-state index in [0.717, 1.165) is 18.5 Å². The summed E-state index contributed by atoms with van der Waals surface area (Å²) in [6.07, 6.45) is 5.40. The molecule has 1 aliphatic rings. The number of aryl methyl sites for hydroxylation is 1. The Labute approximate surface area is 90.7 Å². The first kappa shape index (κ1) is 10.6. The van der Waals surface area contributed by atoms with Gasteiger partial charge in [-0.05, 0) is 37.8 Å². The lowest BCUT2D eigenvalue weighted by Gasteiger charge is -2.16. The van der Waals surface area contributed by atoms with E-state index >= 15 is 0 Å². The van der Waals surface area contributed by atoms with Crippen molar-refractivity contribution in [2.75, 3.05) is 0 Å². The minimum Gasteiger partial charge on any atom is -0.370 e. The number of hydrogen-bond acceptors (Lipinski definition) is 3. The molecular formula is C12H18N2O. The average Bonchev–Trinajstić information content (AvgIpc) is 2.63. The molecule has 2 atom stereocenters. The molecule has 1 fully saturated rings. The van der Waals surface area contributed by atoms with Crippen molar-refractivity contribution in [3.8, 4) is 0 Å². The maximum atomic E-state index is 5.94. The van der Waals surface area contributed by atoms with Gasteiger partial charge in [-0.2, -0.15) is 0 Å². The number of pyridine rings is 1. The molecule has 0 radical (unpaired) electrons. The first-order chi connectivity index (χ1) is 7.27. The first-order valence-corrected chi connectivity index (χ1v) is 5.55. The molecule has 82 valence electrons. The van der Waals surface area contributed by atoms with Gasteiger partial charge in [0, 0.05) is 12.2 Å². The third-order valence-electron chi connectivity index (χ3n) is 3.06. The maximum Gasteiger partial charge on any atom is 0.0895 e. The van der Waals surface area contributed by atoms with Crippen LogP contribution in [-0.2, 0) is 11.3 Å². The number of aromatic nitrogens is 1. The van der Waals surface area contributed by atoms with Gasteiger partial charge in [0.25, 0.3) is 0 Å². The summed E-state index contributed by atoms with van der Waals surface area (Å²) in [5, 5.41) is 0.